The Labute approximate surface area is 208 Å². The number of rotatable bonds is 5. The number of hydrogen-bond donors (Lipinski definition) is 1. The summed E-state index contributed by atoms with van der Waals surface area (Å²) in [7, 11) is 1.67. The SMILES string of the molecule is COc1ccc(C#Cc2ccc([C@H]3[C@H](CO)N4CCCCN(Cc5ccncc5)C[C@@H]34)cc2)cc1. The van der Waals surface area contributed by atoms with Crippen LogP contribution in [0.2, 0.25) is 0 Å². The maximum absolute atomic E-state index is 10.2. The van der Waals surface area contributed by atoms with Gasteiger partial charge >= 0.3 is 0 Å². The predicted octanol–water partition coefficient (Wildman–Crippen LogP) is 3.91. The predicted molar refractivity (Wildman–Crippen MR) is 138 cm³/mol. The molecule has 1 aromatic heterocycles. The highest BCUT2D eigenvalue weighted by molar-refractivity contribution is 5.45. The molecule has 2 aromatic carbocycles. The van der Waals surface area contributed by atoms with Crippen molar-refractivity contribution in [2.75, 3.05) is 33.4 Å². The van der Waals surface area contributed by atoms with Crippen molar-refractivity contribution in [3.63, 3.8) is 0 Å². The summed E-state index contributed by atoms with van der Waals surface area (Å²) in [6.07, 6.45) is 6.11. The summed E-state index contributed by atoms with van der Waals surface area (Å²) >= 11 is 0. The number of ether oxygens (including phenoxy) is 1. The van der Waals surface area contributed by atoms with Gasteiger partial charge in [-0.3, -0.25) is 14.8 Å². The summed E-state index contributed by atoms with van der Waals surface area (Å²) < 4.78 is 5.22. The van der Waals surface area contributed by atoms with Crippen molar-refractivity contribution >= 4 is 0 Å². The monoisotopic (exact) mass is 467 g/mol. The molecule has 2 aliphatic rings. The van der Waals surface area contributed by atoms with E-state index in [0.29, 0.717) is 12.0 Å². The molecule has 0 unspecified atom stereocenters. The zero-order chi connectivity index (χ0) is 24.0. The molecule has 1 N–H and O–H groups in total. The third kappa shape index (κ3) is 5.41. The second kappa shape index (κ2) is 11.0. The first-order valence-corrected chi connectivity index (χ1v) is 12.5. The van der Waals surface area contributed by atoms with E-state index in [1.165, 1.54) is 24.0 Å². The summed E-state index contributed by atoms with van der Waals surface area (Å²) in [5.74, 6) is 7.67. The molecule has 3 atom stereocenters. The third-order valence-corrected chi connectivity index (χ3v) is 7.35. The van der Waals surface area contributed by atoms with E-state index in [4.69, 9.17) is 4.74 Å². The lowest BCUT2D eigenvalue weighted by Crippen LogP contribution is -2.67. The van der Waals surface area contributed by atoms with Gasteiger partial charge in [-0.2, -0.15) is 0 Å². The van der Waals surface area contributed by atoms with Crippen molar-refractivity contribution in [3.8, 4) is 17.6 Å². The van der Waals surface area contributed by atoms with Gasteiger partial charge in [0.15, 0.2) is 0 Å². The molecule has 0 bridgehead atoms. The molecule has 0 spiro atoms. The number of aliphatic hydroxyl groups excluding tert-OH is 1. The van der Waals surface area contributed by atoms with Gasteiger partial charge in [-0.25, -0.2) is 0 Å². The van der Waals surface area contributed by atoms with E-state index in [9.17, 15) is 5.11 Å². The fourth-order valence-corrected chi connectivity index (χ4v) is 5.51. The number of fused-ring (bicyclic) bond motifs is 1. The summed E-state index contributed by atoms with van der Waals surface area (Å²) in [6.45, 7) is 4.35. The maximum Gasteiger partial charge on any atom is 0.118 e. The van der Waals surface area contributed by atoms with E-state index in [2.05, 4.69) is 63.0 Å². The fourth-order valence-electron chi connectivity index (χ4n) is 5.51. The molecule has 5 nitrogen and oxygen atoms in total. The van der Waals surface area contributed by atoms with Gasteiger partial charge in [0, 0.05) is 54.6 Å². The van der Waals surface area contributed by atoms with Crippen molar-refractivity contribution in [3.05, 3.63) is 95.3 Å². The Hall–Kier alpha value is -3.17. The molecular weight excluding hydrogens is 434 g/mol. The first-order chi connectivity index (χ1) is 17.2. The summed E-state index contributed by atoms with van der Waals surface area (Å²) in [4.78, 5) is 9.26. The van der Waals surface area contributed by atoms with E-state index >= 15 is 0 Å². The molecule has 5 rings (SSSR count). The summed E-state index contributed by atoms with van der Waals surface area (Å²) in [6, 6.07) is 21.3. The minimum atomic E-state index is 0.192. The minimum absolute atomic E-state index is 0.192. The van der Waals surface area contributed by atoms with E-state index in [0.717, 1.165) is 43.1 Å². The molecule has 2 saturated heterocycles. The van der Waals surface area contributed by atoms with Crippen LogP contribution >= 0.6 is 0 Å². The van der Waals surface area contributed by atoms with Gasteiger partial charge in [-0.1, -0.05) is 24.0 Å². The van der Waals surface area contributed by atoms with Gasteiger partial charge in [-0.05, 0) is 85.6 Å². The van der Waals surface area contributed by atoms with Gasteiger partial charge in [-0.15, -0.1) is 0 Å². The molecule has 0 radical (unpaired) electrons. The minimum Gasteiger partial charge on any atom is -0.497 e. The highest BCUT2D eigenvalue weighted by Crippen LogP contribution is 2.42. The van der Waals surface area contributed by atoms with Crippen molar-refractivity contribution < 1.29 is 9.84 Å². The number of nitrogens with zero attached hydrogens (tertiary/aromatic N) is 3. The van der Waals surface area contributed by atoms with Crippen LogP contribution in [0.5, 0.6) is 5.75 Å². The number of benzene rings is 2. The average Bonchev–Trinajstić information content (AvgIpc) is 2.89. The number of aromatic nitrogens is 1. The second-order valence-electron chi connectivity index (χ2n) is 9.48. The Morgan fingerprint density at radius 3 is 2.23 bits per heavy atom. The van der Waals surface area contributed by atoms with Crippen LogP contribution in [-0.2, 0) is 6.54 Å². The number of methoxy groups -OCH3 is 1. The number of aliphatic hydroxyl groups is 1. The molecule has 3 heterocycles. The molecule has 0 saturated carbocycles. The smallest absolute Gasteiger partial charge is 0.118 e. The summed E-state index contributed by atoms with van der Waals surface area (Å²) in [5.41, 5.74) is 4.57. The Morgan fingerprint density at radius 1 is 0.914 bits per heavy atom. The van der Waals surface area contributed by atoms with Crippen molar-refractivity contribution in [1.29, 1.82) is 0 Å². The number of pyridine rings is 1. The average molecular weight is 468 g/mol. The van der Waals surface area contributed by atoms with E-state index in [-0.39, 0.29) is 12.6 Å². The van der Waals surface area contributed by atoms with E-state index in [1.54, 1.807) is 7.11 Å². The van der Waals surface area contributed by atoms with Gasteiger partial charge in [0.05, 0.1) is 13.7 Å². The van der Waals surface area contributed by atoms with Crippen LogP contribution in [0.25, 0.3) is 0 Å². The van der Waals surface area contributed by atoms with Crippen LogP contribution in [-0.4, -0.2) is 65.3 Å². The molecular formula is C30H33N3O2. The first-order valence-electron chi connectivity index (χ1n) is 12.5. The van der Waals surface area contributed by atoms with Crippen LogP contribution in [0, 0.1) is 11.8 Å². The second-order valence-corrected chi connectivity index (χ2v) is 9.48. The Kier molecular flexibility index (Phi) is 7.44. The molecule has 35 heavy (non-hydrogen) atoms. The molecule has 0 amide bonds. The molecule has 5 heteroatoms. The van der Waals surface area contributed by atoms with Gasteiger partial charge in [0.25, 0.3) is 0 Å². The Balaban J connectivity index is 1.30. The largest absolute Gasteiger partial charge is 0.497 e. The van der Waals surface area contributed by atoms with Gasteiger partial charge < -0.3 is 9.84 Å². The third-order valence-electron chi connectivity index (χ3n) is 7.35. The van der Waals surface area contributed by atoms with E-state index < -0.39 is 0 Å². The Morgan fingerprint density at radius 2 is 1.57 bits per heavy atom. The topological polar surface area (TPSA) is 48.8 Å². The quantitative estimate of drug-likeness (QED) is 0.577. The first kappa shape index (κ1) is 23.6. The highest BCUT2D eigenvalue weighted by atomic mass is 16.5. The standard InChI is InChI=1S/C30H33N3O2/c1-35-27-12-8-24(9-13-27)5-4-23-6-10-26(11-7-23)30-28-21-32(20-25-14-16-31-17-15-25)18-2-3-19-33(28)29(30)22-34/h6-17,28-30,34H,2-3,18-22H2,1H3/t28-,29-,30+/m0/s1. The number of hydrogen-bond acceptors (Lipinski definition) is 5. The zero-order valence-electron chi connectivity index (χ0n) is 20.3. The lowest BCUT2D eigenvalue weighted by atomic mass is 9.74. The summed E-state index contributed by atoms with van der Waals surface area (Å²) in [5, 5.41) is 10.2. The highest BCUT2D eigenvalue weighted by Gasteiger charge is 2.48. The van der Waals surface area contributed by atoms with Crippen LogP contribution in [0.15, 0.2) is 73.1 Å². The molecule has 180 valence electrons. The normalized spacial score (nSPS) is 22.6. The van der Waals surface area contributed by atoms with Crippen molar-refractivity contribution in [2.24, 2.45) is 0 Å². The zero-order valence-corrected chi connectivity index (χ0v) is 20.3. The van der Waals surface area contributed by atoms with Gasteiger partial charge in [0.1, 0.15) is 5.75 Å². The van der Waals surface area contributed by atoms with Gasteiger partial charge in [0.2, 0.25) is 0 Å². The molecule has 2 fully saturated rings. The van der Waals surface area contributed by atoms with Crippen LogP contribution in [0.4, 0.5) is 0 Å². The molecule has 0 aliphatic carbocycles. The lowest BCUT2D eigenvalue weighted by molar-refractivity contribution is -0.0655. The van der Waals surface area contributed by atoms with Crippen molar-refractivity contribution in [1.82, 2.24) is 14.8 Å². The van der Waals surface area contributed by atoms with E-state index in [1.807, 2.05) is 36.7 Å². The Bertz CT molecular complexity index is 1150. The maximum atomic E-state index is 10.2. The van der Waals surface area contributed by atoms with Crippen LogP contribution < -0.4 is 4.74 Å². The van der Waals surface area contributed by atoms with Crippen LogP contribution in [0.1, 0.15) is 41.0 Å². The molecule has 3 aromatic rings. The van der Waals surface area contributed by atoms with Crippen LogP contribution in [0.3, 0.4) is 0 Å². The molecule has 2 aliphatic heterocycles. The van der Waals surface area contributed by atoms with Crippen molar-refractivity contribution in [2.45, 2.75) is 37.4 Å². The lowest BCUT2D eigenvalue weighted by Gasteiger charge is -2.57. The fraction of sp³-hybridized carbons (Fsp3) is 0.367.